The molecule has 0 radical (unpaired) electrons. The number of H-pyrrole nitrogens is 1. The van der Waals surface area contributed by atoms with Crippen LogP contribution in [0.2, 0.25) is 0 Å². The van der Waals surface area contributed by atoms with Gasteiger partial charge in [0.05, 0.1) is 18.0 Å². The van der Waals surface area contributed by atoms with Crippen LogP contribution in [0.3, 0.4) is 0 Å². The minimum atomic E-state index is -0.233. The molecule has 5 heteroatoms. The maximum atomic E-state index is 10.5. The van der Waals surface area contributed by atoms with Crippen molar-refractivity contribution in [1.82, 2.24) is 20.4 Å². The second kappa shape index (κ2) is 5.95. The monoisotopic (exact) mass is 306 g/mol. The number of likely N-dealkylation sites (tertiary alicyclic amines) is 1. The summed E-state index contributed by atoms with van der Waals surface area (Å²) < 4.78 is 0. The summed E-state index contributed by atoms with van der Waals surface area (Å²) in [6.07, 6.45) is 3.64. The number of aromatic nitrogens is 2. The van der Waals surface area contributed by atoms with Crippen molar-refractivity contribution >= 4 is 0 Å². The highest BCUT2D eigenvalue weighted by Gasteiger charge is 2.58. The average Bonchev–Trinajstić information content (AvgIpc) is 2.98. The Balaban J connectivity index is 1.63. The SMILES string of the molecule is CCN1CC2(C[C@@H](O)[C@H](NCc3[nH]ncc3C)C2)C1C(C)C. The van der Waals surface area contributed by atoms with E-state index in [-0.39, 0.29) is 12.1 Å². The zero-order valence-electron chi connectivity index (χ0n) is 14.3. The van der Waals surface area contributed by atoms with Gasteiger partial charge in [-0.3, -0.25) is 10.00 Å². The normalized spacial score (nSPS) is 35.5. The number of nitrogens with zero attached hydrogens (tertiary/aromatic N) is 2. The predicted octanol–water partition coefficient (Wildman–Crippen LogP) is 1.68. The van der Waals surface area contributed by atoms with Gasteiger partial charge < -0.3 is 10.4 Å². The molecule has 1 saturated heterocycles. The van der Waals surface area contributed by atoms with Crippen molar-refractivity contribution in [1.29, 1.82) is 0 Å². The molecule has 2 fully saturated rings. The molecular formula is C17H30N4O. The lowest BCUT2D eigenvalue weighted by Crippen LogP contribution is -2.65. The van der Waals surface area contributed by atoms with Crippen molar-refractivity contribution in [2.24, 2.45) is 11.3 Å². The smallest absolute Gasteiger partial charge is 0.0699 e. The van der Waals surface area contributed by atoms with E-state index >= 15 is 0 Å². The molecule has 4 atom stereocenters. The van der Waals surface area contributed by atoms with Crippen LogP contribution in [0.4, 0.5) is 0 Å². The van der Waals surface area contributed by atoms with Crippen molar-refractivity contribution in [2.75, 3.05) is 13.1 Å². The number of nitrogens with one attached hydrogen (secondary N) is 2. The van der Waals surface area contributed by atoms with Crippen LogP contribution in [-0.4, -0.2) is 51.5 Å². The van der Waals surface area contributed by atoms with Gasteiger partial charge in [0.15, 0.2) is 0 Å². The lowest BCUT2D eigenvalue weighted by atomic mass is 9.65. The molecule has 0 amide bonds. The van der Waals surface area contributed by atoms with Crippen LogP contribution in [0.5, 0.6) is 0 Å². The minimum absolute atomic E-state index is 0.197. The summed E-state index contributed by atoms with van der Waals surface area (Å²) in [6.45, 7) is 12.0. The molecule has 5 nitrogen and oxygen atoms in total. The highest BCUT2D eigenvalue weighted by Crippen LogP contribution is 2.52. The van der Waals surface area contributed by atoms with Crippen LogP contribution in [0.1, 0.15) is 44.9 Å². The topological polar surface area (TPSA) is 64.2 Å². The van der Waals surface area contributed by atoms with E-state index in [1.165, 1.54) is 5.56 Å². The van der Waals surface area contributed by atoms with Gasteiger partial charge >= 0.3 is 0 Å². The van der Waals surface area contributed by atoms with Gasteiger partial charge in [-0.05, 0) is 37.8 Å². The Labute approximate surface area is 133 Å². The summed E-state index contributed by atoms with van der Waals surface area (Å²) in [6, 6.07) is 0.816. The highest BCUT2D eigenvalue weighted by atomic mass is 16.3. The van der Waals surface area contributed by atoms with Crippen LogP contribution in [0, 0.1) is 18.3 Å². The first-order chi connectivity index (χ1) is 10.5. The number of hydrogen-bond donors (Lipinski definition) is 3. The summed E-state index contributed by atoms with van der Waals surface area (Å²) in [7, 11) is 0. The average molecular weight is 306 g/mol. The lowest BCUT2D eigenvalue weighted by Gasteiger charge is -2.58. The zero-order valence-corrected chi connectivity index (χ0v) is 14.3. The number of aromatic amines is 1. The number of rotatable bonds is 5. The molecule has 1 aliphatic heterocycles. The van der Waals surface area contributed by atoms with E-state index in [1.54, 1.807) is 0 Å². The van der Waals surface area contributed by atoms with Gasteiger partial charge in [-0.15, -0.1) is 0 Å². The highest BCUT2D eigenvalue weighted by molar-refractivity contribution is 5.15. The maximum absolute atomic E-state index is 10.5. The zero-order chi connectivity index (χ0) is 15.9. The second-order valence-electron chi connectivity index (χ2n) is 7.61. The van der Waals surface area contributed by atoms with Crippen molar-refractivity contribution in [3.05, 3.63) is 17.5 Å². The van der Waals surface area contributed by atoms with Crippen LogP contribution in [0.25, 0.3) is 0 Å². The van der Waals surface area contributed by atoms with Crippen molar-refractivity contribution in [3.63, 3.8) is 0 Å². The molecular weight excluding hydrogens is 276 g/mol. The standard InChI is InChI=1S/C17H30N4O/c1-5-21-10-17(16(21)11(2)3)6-13(15(22)7-17)18-9-14-12(4)8-19-20-14/h8,11,13,15-16,18,22H,5-7,9-10H2,1-4H3,(H,19,20)/t13-,15-,16?,17?/m1/s1. The molecule has 1 saturated carbocycles. The molecule has 2 aliphatic rings. The van der Waals surface area contributed by atoms with E-state index in [0.717, 1.165) is 38.2 Å². The number of aliphatic hydroxyl groups is 1. The largest absolute Gasteiger partial charge is 0.391 e. The molecule has 0 bridgehead atoms. The Morgan fingerprint density at radius 1 is 1.50 bits per heavy atom. The summed E-state index contributed by atoms with van der Waals surface area (Å²) in [5, 5.41) is 21.2. The van der Waals surface area contributed by atoms with Crippen LogP contribution in [-0.2, 0) is 6.54 Å². The van der Waals surface area contributed by atoms with Gasteiger partial charge in [-0.2, -0.15) is 5.10 Å². The molecule has 2 unspecified atom stereocenters. The Kier molecular flexibility index (Phi) is 4.32. The molecule has 124 valence electrons. The molecule has 1 aromatic rings. The first kappa shape index (κ1) is 16.0. The molecule has 1 spiro atoms. The van der Waals surface area contributed by atoms with E-state index < -0.39 is 0 Å². The third-order valence-electron chi connectivity index (χ3n) is 5.76. The Morgan fingerprint density at radius 2 is 2.27 bits per heavy atom. The van der Waals surface area contributed by atoms with Crippen LogP contribution >= 0.6 is 0 Å². The maximum Gasteiger partial charge on any atom is 0.0699 e. The summed E-state index contributed by atoms with van der Waals surface area (Å²) in [5.74, 6) is 0.648. The Bertz CT molecular complexity index is 515. The second-order valence-corrected chi connectivity index (χ2v) is 7.61. The quantitative estimate of drug-likeness (QED) is 0.774. The van der Waals surface area contributed by atoms with E-state index in [0.29, 0.717) is 17.4 Å². The van der Waals surface area contributed by atoms with E-state index in [2.05, 4.69) is 48.1 Å². The van der Waals surface area contributed by atoms with E-state index in [4.69, 9.17) is 0 Å². The fraction of sp³-hybridized carbons (Fsp3) is 0.824. The predicted molar refractivity (Wildman–Crippen MR) is 87.5 cm³/mol. The molecule has 1 aromatic heterocycles. The number of hydrogen-bond acceptors (Lipinski definition) is 4. The van der Waals surface area contributed by atoms with Gasteiger partial charge in [0.1, 0.15) is 0 Å². The summed E-state index contributed by atoms with van der Waals surface area (Å²) in [4.78, 5) is 2.57. The minimum Gasteiger partial charge on any atom is -0.391 e. The van der Waals surface area contributed by atoms with Crippen molar-refractivity contribution in [2.45, 2.75) is 65.3 Å². The first-order valence-electron chi connectivity index (χ1n) is 8.61. The van der Waals surface area contributed by atoms with Gasteiger partial charge in [-0.25, -0.2) is 0 Å². The van der Waals surface area contributed by atoms with Crippen LogP contribution < -0.4 is 5.32 Å². The molecule has 22 heavy (non-hydrogen) atoms. The fourth-order valence-corrected chi connectivity index (χ4v) is 4.89. The lowest BCUT2D eigenvalue weighted by molar-refractivity contribution is -0.0964. The molecule has 3 N–H and O–H groups in total. The van der Waals surface area contributed by atoms with Gasteiger partial charge in [0, 0.05) is 30.6 Å². The molecule has 1 aliphatic carbocycles. The van der Waals surface area contributed by atoms with Crippen LogP contribution in [0.15, 0.2) is 6.20 Å². The molecule has 3 rings (SSSR count). The van der Waals surface area contributed by atoms with Gasteiger partial charge in [0.25, 0.3) is 0 Å². The van der Waals surface area contributed by atoms with Crippen molar-refractivity contribution in [3.8, 4) is 0 Å². The summed E-state index contributed by atoms with van der Waals surface area (Å²) >= 11 is 0. The number of aliphatic hydroxyl groups excluding tert-OH is 1. The fourth-order valence-electron chi connectivity index (χ4n) is 4.89. The van der Waals surface area contributed by atoms with Gasteiger partial charge in [-0.1, -0.05) is 20.8 Å². The first-order valence-corrected chi connectivity index (χ1v) is 8.61. The third-order valence-corrected chi connectivity index (χ3v) is 5.76. The number of aryl methyl sites for hydroxylation is 1. The Morgan fingerprint density at radius 3 is 2.86 bits per heavy atom. The molecule has 2 heterocycles. The van der Waals surface area contributed by atoms with Gasteiger partial charge in [0.2, 0.25) is 0 Å². The van der Waals surface area contributed by atoms with Crippen molar-refractivity contribution < 1.29 is 5.11 Å². The molecule has 0 aromatic carbocycles. The van der Waals surface area contributed by atoms with E-state index in [1.807, 2.05) is 6.20 Å². The Hall–Kier alpha value is -0.910. The third kappa shape index (κ3) is 2.59. The van der Waals surface area contributed by atoms with E-state index in [9.17, 15) is 5.11 Å². The summed E-state index contributed by atoms with van der Waals surface area (Å²) in [5.41, 5.74) is 2.61.